The van der Waals surface area contributed by atoms with Crippen LogP contribution in [0, 0.1) is 6.92 Å². The minimum absolute atomic E-state index is 0. The quantitative estimate of drug-likeness (QED) is 0.263. The van der Waals surface area contributed by atoms with Gasteiger partial charge in [-0.2, -0.15) is 0 Å². The van der Waals surface area contributed by atoms with E-state index in [1.165, 1.54) is 13.0 Å². The average molecular weight is 281 g/mol. The summed E-state index contributed by atoms with van der Waals surface area (Å²) in [6, 6.07) is 2.42. The first-order valence-electron chi connectivity index (χ1n) is 4.72. The molecule has 0 aliphatic rings. The van der Waals surface area contributed by atoms with E-state index in [-0.39, 0.29) is 73.8 Å². The molecule has 4 nitrogen and oxygen atoms in total. The monoisotopic (exact) mass is 281 g/mol. The number of carbonyl (C=O) groups is 1. The van der Waals surface area contributed by atoms with E-state index in [1.807, 2.05) is 0 Å². The Morgan fingerprint density at radius 1 is 1.44 bits per heavy atom. The second-order valence-electron chi connectivity index (χ2n) is 3.55. The van der Waals surface area contributed by atoms with E-state index in [0.29, 0.717) is 6.29 Å². The number of aldehydes is 1. The summed E-state index contributed by atoms with van der Waals surface area (Å²) >= 11 is 0. The van der Waals surface area contributed by atoms with Gasteiger partial charge in [0.2, 0.25) is 0 Å². The second kappa shape index (κ2) is 7.32. The van der Waals surface area contributed by atoms with Crippen LogP contribution in [0.2, 0.25) is 0 Å². The van der Waals surface area contributed by atoms with Crippen molar-refractivity contribution in [3.05, 3.63) is 39.3 Å². The molecule has 18 heavy (non-hydrogen) atoms. The standard InChI is InChI=1S/C9H8BF3N3O.K/c1-6-8(4-10(11,12)13)2-7(5-17)3-9(6)15-16-14;/h2-3,5H,4H2,1H3;/q-1;+1. The van der Waals surface area contributed by atoms with Gasteiger partial charge in [-0.1, -0.05) is 23.1 Å². The summed E-state index contributed by atoms with van der Waals surface area (Å²) in [5.74, 6) is 0. The first-order chi connectivity index (χ1) is 7.87. The van der Waals surface area contributed by atoms with Crippen LogP contribution in [0.25, 0.3) is 10.4 Å². The van der Waals surface area contributed by atoms with E-state index < -0.39 is 13.3 Å². The summed E-state index contributed by atoms with van der Waals surface area (Å²) in [5, 5.41) is 3.27. The van der Waals surface area contributed by atoms with Gasteiger partial charge in [-0.3, -0.25) is 4.79 Å². The maximum absolute atomic E-state index is 12.3. The summed E-state index contributed by atoms with van der Waals surface area (Å²) in [5.41, 5.74) is 8.60. The molecule has 0 spiro atoms. The summed E-state index contributed by atoms with van der Waals surface area (Å²) in [6.45, 7) is -3.57. The molecule has 90 valence electrons. The Bertz CT molecular complexity index is 501. The van der Waals surface area contributed by atoms with Crippen molar-refractivity contribution in [2.24, 2.45) is 5.11 Å². The Morgan fingerprint density at radius 3 is 2.50 bits per heavy atom. The number of hydrogen-bond acceptors (Lipinski definition) is 2. The maximum atomic E-state index is 12.3. The Morgan fingerprint density at radius 2 is 2.06 bits per heavy atom. The van der Waals surface area contributed by atoms with Gasteiger partial charge in [-0.25, -0.2) is 0 Å². The molecule has 0 N–H and O–H groups in total. The van der Waals surface area contributed by atoms with E-state index in [2.05, 4.69) is 10.0 Å². The van der Waals surface area contributed by atoms with Crippen LogP contribution in [0.15, 0.2) is 17.2 Å². The number of azide groups is 1. The maximum Gasteiger partial charge on any atom is 1.00 e. The normalized spacial score (nSPS) is 10.2. The Hall–Kier alpha value is -0.309. The molecular formula is C9H8BF3KN3O. The van der Waals surface area contributed by atoms with Gasteiger partial charge in [0.25, 0.3) is 0 Å². The molecule has 0 heterocycles. The van der Waals surface area contributed by atoms with E-state index in [1.54, 1.807) is 0 Å². The van der Waals surface area contributed by atoms with Gasteiger partial charge in [0.05, 0.1) is 0 Å². The topological polar surface area (TPSA) is 65.8 Å². The fraction of sp³-hybridized carbons (Fsp3) is 0.222. The summed E-state index contributed by atoms with van der Waals surface area (Å²) in [6.07, 6.45) is -0.676. The Balaban J connectivity index is 0.00000289. The van der Waals surface area contributed by atoms with Crippen LogP contribution in [-0.2, 0) is 6.32 Å². The minimum Gasteiger partial charge on any atom is -0.449 e. The van der Waals surface area contributed by atoms with Gasteiger partial charge in [0.1, 0.15) is 6.29 Å². The summed E-state index contributed by atoms with van der Waals surface area (Å²) in [4.78, 5) is 13.1. The third kappa shape index (κ3) is 5.13. The van der Waals surface area contributed by atoms with Crippen molar-refractivity contribution < 1.29 is 69.1 Å². The summed E-state index contributed by atoms with van der Waals surface area (Å²) in [7, 11) is 0. The first kappa shape index (κ1) is 17.7. The van der Waals surface area contributed by atoms with E-state index in [0.717, 1.165) is 6.07 Å². The number of hydrogen-bond donors (Lipinski definition) is 0. The molecule has 0 unspecified atom stereocenters. The molecular weight excluding hydrogens is 273 g/mol. The third-order valence-corrected chi connectivity index (χ3v) is 2.25. The number of halogens is 3. The zero-order valence-electron chi connectivity index (χ0n) is 9.90. The molecule has 1 aromatic carbocycles. The predicted molar refractivity (Wildman–Crippen MR) is 58.2 cm³/mol. The largest absolute Gasteiger partial charge is 1.00 e. The molecule has 0 radical (unpaired) electrons. The molecule has 0 aliphatic heterocycles. The van der Waals surface area contributed by atoms with Crippen molar-refractivity contribution in [1.82, 2.24) is 0 Å². The van der Waals surface area contributed by atoms with Crippen LogP contribution in [0.5, 0.6) is 0 Å². The second-order valence-corrected chi connectivity index (χ2v) is 3.55. The van der Waals surface area contributed by atoms with E-state index in [4.69, 9.17) is 5.53 Å². The van der Waals surface area contributed by atoms with E-state index in [9.17, 15) is 17.7 Å². The molecule has 0 aliphatic carbocycles. The molecule has 0 fully saturated rings. The SMILES string of the molecule is Cc1c(C[B-](F)(F)F)cc(C=O)cc1N=[N+]=[N-].[K+]. The zero-order valence-corrected chi connectivity index (χ0v) is 13.0. The van der Waals surface area contributed by atoms with Crippen LogP contribution in [0.3, 0.4) is 0 Å². The molecule has 1 rings (SSSR count). The minimum atomic E-state index is -5.00. The predicted octanol–water partition coefficient (Wildman–Crippen LogP) is 0.682. The van der Waals surface area contributed by atoms with Crippen molar-refractivity contribution in [2.45, 2.75) is 13.2 Å². The van der Waals surface area contributed by atoms with Crippen molar-refractivity contribution in [1.29, 1.82) is 0 Å². The number of benzene rings is 1. The number of carbonyl (C=O) groups excluding carboxylic acids is 1. The van der Waals surface area contributed by atoms with Gasteiger partial charge in [-0.15, -0.1) is 0 Å². The number of rotatable bonds is 4. The molecule has 9 heteroatoms. The molecule has 0 atom stereocenters. The molecule has 1 aromatic rings. The van der Waals surface area contributed by atoms with Gasteiger partial charge < -0.3 is 12.9 Å². The van der Waals surface area contributed by atoms with E-state index >= 15 is 0 Å². The first-order valence-corrected chi connectivity index (χ1v) is 4.72. The van der Waals surface area contributed by atoms with Crippen molar-refractivity contribution >= 4 is 19.0 Å². The van der Waals surface area contributed by atoms with Crippen LogP contribution in [-0.4, -0.2) is 13.3 Å². The van der Waals surface area contributed by atoms with Crippen LogP contribution in [0.4, 0.5) is 18.6 Å². The van der Waals surface area contributed by atoms with Gasteiger partial charge in [0.15, 0.2) is 0 Å². The molecule has 0 saturated heterocycles. The van der Waals surface area contributed by atoms with Crippen molar-refractivity contribution in [3.63, 3.8) is 0 Å². The Labute approximate surface area is 144 Å². The third-order valence-electron chi connectivity index (χ3n) is 2.25. The fourth-order valence-corrected chi connectivity index (χ4v) is 1.46. The molecule has 0 aromatic heterocycles. The Kier molecular flexibility index (Phi) is 7.20. The summed E-state index contributed by atoms with van der Waals surface area (Å²) < 4.78 is 37.0. The van der Waals surface area contributed by atoms with Gasteiger partial charge in [-0.05, 0) is 24.1 Å². The van der Waals surface area contributed by atoms with Crippen LogP contribution >= 0.6 is 0 Å². The van der Waals surface area contributed by atoms with Gasteiger partial charge in [0, 0.05) is 16.2 Å². The average Bonchev–Trinajstić information content (AvgIpc) is 2.22. The number of nitrogens with zero attached hydrogens (tertiary/aromatic N) is 3. The fourth-order valence-electron chi connectivity index (χ4n) is 1.46. The van der Waals surface area contributed by atoms with Crippen molar-refractivity contribution in [3.8, 4) is 0 Å². The molecule has 0 saturated carbocycles. The smallest absolute Gasteiger partial charge is 0.449 e. The molecule has 0 bridgehead atoms. The molecule has 0 amide bonds. The van der Waals surface area contributed by atoms with Crippen LogP contribution < -0.4 is 51.4 Å². The van der Waals surface area contributed by atoms with Crippen LogP contribution in [0.1, 0.15) is 21.5 Å². The van der Waals surface area contributed by atoms with Gasteiger partial charge >= 0.3 is 58.4 Å². The zero-order chi connectivity index (χ0) is 13.1. The van der Waals surface area contributed by atoms with Crippen molar-refractivity contribution in [2.75, 3.05) is 0 Å².